The zero-order valence-electron chi connectivity index (χ0n) is 7.50. The fourth-order valence-electron chi connectivity index (χ4n) is 1.50. The van der Waals surface area contributed by atoms with Gasteiger partial charge < -0.3 is 9.80 Å². The molecule has 0 saturated carbocycles. The van der Waals surface area contributed by atoms with Gasteiger partial charge in [0.25, 0.3) is 0 Å². The predicted octanol–water partition coefficient (Wildman–Crippen LogP) is 0.169. The molecule has 0 spiro atoms. The van der Waals surface area contributed by atoms with Gasteiger partial charge in [-0.05, 0) is 20.5 Å². The Bertz CT molecular complexity index is 156. The molecule has 0 aromatic heterocycles. The highest BCUT2D eigenvalue weighted by Gasteiger charge is 2.27. The normalized spacial score (nSPS) is 25.3. The van der Waals surface area contributed by atoms with Crippen LogP contribution in [0.4, 0.5) is 0 Å². The van der Waals surface area contributed by atoms with Crippen LogP contribution in [0.5, 0.6) is 0 Å². The van der Waals surface area contributed by atoms with E-state index in [1.165, 1.54) is 0 Å². The van der Waals surface area contributed by atoms with Crippen molar-refractivity contribution in [2.24, 2.45) is 0 Å². The number of hydrogen-bond donors (Lipinski definition) is 0. The lowest BCUT2D eigenvalue weighted by Crippen LogP contribution is -2.36. The van der Waals surface area contributed by atoms with Gasteiger partial charge in [-0.15, -0.1) is 0 Å². The van der Waals surface area contributed by atoms with Crippen molar-refractivity contribution < 1.29 is 4.79 Å². The standard InChI is InChI=1S/C8H16N2O/c1-9(2)6-7-4-5-8(11)10(7)3/h7H,4-6H2,1-3H3/t7-/m1/s1. The molecule has 0 bridgehead atoms. The van der Waals surface area contributed by atoms with Gasteiger partial charge in [-0.3, -0.25) is 4.79 Å². The van der Waals surface area contributed by atoms with Crippen LogP contribution in [0.3, 0.4) is 0 Å². The predicted molar refractivity (Wildman–Crippen MR) is 44.3 cm³/mol. The Labute approximate surface area is 68.0 Å². The maximum Gasteiger partial charge on any atom is 0.222 e. The van der Waals surface area contributed by atoms with Crippen LogP contribution in [0.15, 0.2) is 0 Å². The van der Waals surface area contributed by atoms with Crippen LogP contribution in [0, 0.1) is 0 Å². The highest BCUT2D eigenvalue weighted by molar-refractivity contribution is 5.78. The quantitative estimate of drug-likeness (QED) is 0.569. The molecule has 11 heavy (non-hydrogen) atoms. The van der Waals surface area contributed by atoms with Gasteiger partial charge in [0, 0.05) is 26.1 Å². The van der Waals surface area contributed by atoms with Crippen molar-refractivity contribution in [3.05, 3.63) is 0 Å². The van der Waals surface area contributed by atoms with E-state index in [0.29, 0.717) is 6.04 Å². The van der Waals surface area contributed by atoms with E-state index in [2.05, 4.69) is 4.90 Å². The first kappa shape index (κ1) is 8.53. The molecule has 1 aliphatic rings. The van der Waals surface area contributed by atoms with Gasteiger partial charge in [0.2, 0.25) is 5.91 Å². The summed E-state index contributed by atoms with van der Waals surface area (Å²) in [4.78, 5) is 15.1. The van der Waals surface area contributed by atoms with Crippen molar-refractivity contribution in [1.82, 2.24) is 9.80 Å². The molecule has 64 valence electrons. The minimum atomic E-state index is 0.289. The number of rotatable bonds is 2. The van der Waals surface area contributed by atoms with Crippen molar-refractivity contribution in [2.45, 2.75) is 18.9 Å². The fourth-order valence-corrected chi connectivity index (χ4v) is 1.50. The van der Waals surface area contributed by atoms with Gasteiger partial charge in [0.15, 0.2) is 0 Å². The third-order valence-electron chi connectivity index (χ3n) is 2.21. The molecule has 1 aliphatic heterocycles. The number of hydrogen-bond acceptors (Lipinski definition) is 2. The van der Waals surface area contributed by atoms with Gasteiger partial charge in [-0.25, -0.2) is 0 Å². The summed E-state index contributed by atoms with van der Waals surface area (Å²) < 4.78 is 0. The van der Waals surface area contributed by atoms with Crippen LogP contribution in [0.25, 0.3) is 0 Å². The molecule has 1 fully saturated rings. The number of nitrogens with zero attached hydrogens (tertiary/aromatic N) is 2. The zero-order chi connectivity index (χ0) is 8.43. The summed E-state index contributed by atoms with van der Waals surface area (Å²) in [5.74, 6) is 0.289. The monoisotopic (exact) mass is 156 g/mol. The molecular formula is C8H16N2O. The Morgan fingerprint density at radius 2 is 2.27 bits per heavy atom. The van der Waals surface area contributed by atoms with Gasteiger partial charge >= 0.3 is 0 Å². The van der Waals surface area contributed by atoms with Gasteiger partial charge in [-0.2, -0.15) is 0 Å². The Kier molecular flexibility index (Phi) is 2.49. The van der Waals surface area contributed by atoms with E-state index in [9.17, 15) is 4.79 Å². The summed E-state index contributed by atoms with van der Waals surface area (Å²) in [6.45, 7) is 0.988. The molecule has 1 amide bonds. The van der Waals surface area contributed by atoms with Crippen molar-refractivity contribution in [3.63, 3.8) is 0 Å². The molecule has 0 N–H and O–H groups in total. The maximum absolute atomic E-state index is 11.1. The van der Waals surface area contributed by atoms with Crippen molar-refractivity contribution in [3.8, 4) is 0 Å². The Hall–Kier alpha value is -0.570. The Morgan fingerprint density at radius 3 is 2.64 bits per heavy atom. The molecule has 1 atom stereocenters. The summed E-state index contributed by atoms with van der Waals surface area (Å²) in [7, 11) is 5.97. The summed E-state index contributed by atoms with van der Waals surface area (Å²) in [6, 6.07) is 0.442. The summed E-state index contributed by atoms with van der Waals surface area (Å²) in [5.41, 5.74) is 0. The minimum absolute atomic E-state index is 0.289. The summed E-state index contributed by atoms with van der Waals surface area (Å²) >= 11 is 0. The first-order chi connectivity index (χ1) is 5.11. The molecule has 0 unspecified atom stereocenters. The van der Waals surface area contributed by atoms with E-state index in [4.69, 9.17) is 0 Å². The Balaban J connectivity index is 2.42. The molecule has 0 aromatic rings. The fraction of sp³-hybridized carbons (Fsp3) is 0.875. The van der Waals surface area contributed by atoms with E-state index in [1.807, 2.05) is 26.0 Å². The van der Waals surface area contributed by atoms with Crippen LogP contribution in [0.1, 0.15) is 12.8 Å². The smallest absolute Gasteiger partial charge is 0.222 e. The van der Waals surface area contributed by atoms with Crippen LogP contribution < -0.4 is 0 Å². The number of carbonyl (C=O) groups is 1. The van der Waals surface area contributed by atoms with E-state index in [-0.39, 0.29) is 5.91 Å². The first-order valence-corrected chi connectivity index (χ1v) is 4.01. The zero-order valence-corrected chi connectivity index (χ0v) is 7.50. The van der Waals surface area contributed by atoms with Crippen LogP contribution in [-0.4, -0.2) is 49.4 Å². The minimum Gasteiger partial charge on any atom is -0.341 e. The molecule has 1 saturated heterocycles. The molecule has 0 radical (unpaired) electrons. The van der Waals surface area contributed by atoms with Crippen LogP contribution in [-0.2, 0) is 4.79 Å². The second-order valence-electron chi connectivity index (χ2n) is 3.46. The number of likely N-dealkylation sites (tertiary alicyclic amines) is 1. The highest BCUT2D eigenvalue weighted by Crippen LogP contribution is 2.16. The maximum atomic E-state index is 11.1. The van der Waals surface area contributed by atoms with Crippen LogP contribution in [0.2, 0.25) is 0 Å². The lowest BCUT2D eigenvalue weighted by atomic mass is 10.2. The van der Waals surface area contributed by atoms with Crippen molar-refractivity contribution in [1.29, 1.82) is 0 Å². The van der Waals surface area contributed by atoms with E-state index >= 15 is 0 Å². The molecular weight excluding hydrogens is 140 g/mol. The number of amides is 1. The van der Waals surface area contributed by atoms with Gasteiger partial charge in [0.05, 0.1) is 0 Å². The molecule has 3 nitrogen and oxygen atoms in total. The SMILES string of the molecule is CN(C)C[C@H]1CCC(=O)N1C. The number of likely N-dealkylation sites (N-methyl/N-ethyl adjacent to an activating group) is 2. The average molecular weight is 156 g/mol. The second-order valence-corrected chi connectivity index (χ2v) is 3.46. The first-order valence-electron chi connectivity index (χ1n) is 4.01. The average Bonchev–Trinajstić information content (AvgIpc) is 2.18. The van der Waals surface area contributed by atoms with Gasteiger partial charge in [0.1, 0.15) is 0 Å². The molecule has 1 rings (SSSR count). The Morgan fingerprint density at radius 1 is 1.64 bits per heavy atom. The second kappa shape index (κ2) is 3.22. The van der Waals surface area contributed by atoms with E-state index in [0.717, 1.165) is 19.4 Å². The van der Waals surface area contributed by atoms with E-state index in [1.54, 1.807) is 0 Å². The molecule has 0 aliphatic carbocycles. The largest absolute Gasteiger partial charge is 0.341 e. The lowest BCUT2D eigenvalue weighted by molar-refractivity contribution is -0.127. The number of carbonyl (C=O) groups excluding carboxylic acids is 1. The topological polar surface area (TPSA) is 23.6 Å². The molecule has 3 heteroatoms. The lowest BCUT2D eigenvalue weighted by Gasteiger charge is -2.22. The summed E-state index contributed by atoms with van der Waals surface area (Å²) in [6.07, 6.45) is 1.75. The van der Waals surface area contributed by atoms with Gasteiger partial charge in [-0.1, -0.05) is 0 Å². The molecule has 0 aromatic carbocycles. The summed E-state index contributed by atoms with van der Waals surface area (Å²) in [5, 5.41) is 0. The third kappa shape index (κ3) is 1.93. The third-order valence-corrected chi connectivity index (χ3v) is 2.21. The van der Waals surface area contributed by atoms with Crippen molar-refractivity contribution in [2.75, 3.05) is 27.7 Å². The van der Waals surface area contributed by atoms with Crippen molar-refractivity contribution >= 4 is 5.91 Å². The highest BCUT2D eigenvalue weighted by atomic mass is 16.2. The van der Waals surface area contributed by atoms with E-state index < -0.39 is 0 Å². The van der Waals surface area contributed by atoms with Crippen LogP contribution >= 0.6 is 0 Å². The molecule has 1 heterocycles.